The van der Waals surface area contributed by atoms with E-state index in [1.165, 1.54) is 0 Å². The van der Waals surface area contributed by atoms with Gasteiger partial charge in [-0.2, -0.15) is 11.8 Å². The molecule has 0 aromatic carbocycles. The molecule has 0 unspecified atom stereocenters. The highest BCUT2D eigenvalue weighted by atomic mass is 32.2. The van der Waals surface area contributed by atoms with Gasteiger partial charge in [-0.15, -0.1) is 10.2 Å². The minimum atomic E-state index is -0.560. The lowest BCUT2D eigenvalue weighted by Crippen LogP contribution is -2.04. The molecule has 14 heavy (non-hydrogen) atoms. The standard InChI is InChI=1S/C8H12N2O3S/c1-3-12-8(11)7-10-9-6(13-7)4-5-14-2/h3-5H2,1-2H3. The van der Waals surface area contributed by atoms with Crippen molar-refractivity contribution in [3.63, 3.8) is 0 Å². The van der Waals surface area contributed by atoms with E-state index in [1.807, 2.05) is 6.26 Å². The molecule has 0 aliphatic carbocycles. The van der Waals surface area contributed by atoms with Crippen molar-refractivity contribution < 1.29 is 13.9 Å². The van der Waals surface area contributed by atoms with Crippen molar-refractivity contribution in [1.29, 1.82) is 0 Å². The summed E-state index contributed by atoms with van der Waals surface area (Å²) < 4.78 is 9.80. The highest BCUT2D eigenvalue weighted by molar-refractivity contribution is 7.98. The monoisotopic (exact) mass is 216 g/mol. The van der Waals surface area contributed by atoms with Crippen molar-refractivity contribution in [3.05, 3.63) is 11.8 Å². The molecule has 0 aliphatic rings. The zero-order valence-electron chi connectivity index (χ0n) is 8.15. The first-order valence-corrected chi connectivity index (χ1v) is 5.65. The van der Waals surface area contributed by atoms with E-state index in [4.69, 9.17) is 9.15 Å². The number of rotatable bonds is 5. The number of carbonyl (C=O) groups excluding carboxylic acids is 1. The van der Waals surface area contributed by atoms with Gasteiger partial charge >= 0.3 is 11.9 Å². The SMILES string of the molecule is CCOC(=O)c1nnc(CCSC)o1. The number of ether oxygens (including phenoxy) is 1. The third kappa shape index (κ3) is 3.02. The van der Waals surface area contributed by atoms with Crippen molar-refractivity contribution in [2.24, 2.45) is 0 Å². The molecule has 0 radical (unpaired) electrons. The highest BCUT2D eigenvalue weighted by Gasteiger charge is 2.15. The molecule has 1 heterocycles. The zero-order valence-corrected chi connectivity index (χ0v) is 8.97. The van der Waals surface area contributed by atoms with Gasteiger partial charge in [0.2, 0.25) is 5.89 Å². The summed E-state index contributed by atoms with van der Waals surface area (Å²) in [5, 5.41) is 7.31. The van der Waals surface area contributed by atoms with Crippen LogP contribution in [0.15, 0.2) is 4.42 Å². The quantitative estimate of drug-likeness (QED) is 0.688. The average Bonchev–Trinajstić information content (AvgIpc) is 2.63. The molecule has 0 fully saturated rings. The van der Waals surface area contributed by atoms with Gasteiger partial charge in [0.05, 0.1) is 6.61 Å². The number of thioether (sulfide) groups is 1. The first-order valence-electron chi connectivity index (χ1n) is 4.26. The molecule has 5 nitrogen and oxygen atoms in total. The van der Waals surface area contributed by atoms with Gasteiger partial charge in [-0.3, -0.25) is 0 Å². The Labute approximate surface area is 86.2 Å². The third-order valence-corrected chi connectivity index (χ3v) is 2.05. The molecule has 0 aliphatic heterocycles. The van der Waals surface area contributed by atoms with E-state index in [2.05, 4.69) is 10.2 Å². The molecule has 6 heteroatoms. The lowest BCUT2D eigenvalue weighted by Gasteiger charge is -1.94. The van der Waals surface area contributed by atoms with Crippen LogP contribution in [0.1, 0.15) is 23.5 Å². The summed E-state index contributed by atoms with van der Waals surface area (Å²) in [5.74, 6) is 0.741. The number of esters is 1. The lowest BCUT2D eigenvalue weighted by molar-refractivity contribution is 0.0479. The maximum Gasteiger partial charge on any atom is 0.396 e. The lowest BCUT2D eigenvalue weighted by atomic mass is 10.5. The van der Waals surface area contributed by atoms with Crippen molar-refractivity contribution in [2.45, 2.75) is 13.3 Å². The fourth-order valence-corrected chi connectivity index (χ4v) is 1.20. The normalized spacial score (nSPS) is 10.1. The topological polar surface area (TPSA) is 65.2 Å². The molecule has 0 bridgehead atoms. The summed E-state index contributed by atoms with van der Waals surface area (Å²) in [7, 11) is 0. The number of hydrogen-bond acceptors (Lipinski definition) is 6. The van der Waals surface area contributed by atoms with Crippen molar-refractivity contribution >= 4 is 17.7 Å². The van der Waals surface area contributed by atoms with Gasteiger partial charge in [-0.1, -0.05) is 0 Å². The van der Waals surface area contributed by atoms with Gasteiger partial charge in [0.25, 0.3) is 0 Å². The molecule has 1 aromatic heterocycles. The Morgan fingerprint density at radius 2 is 2.36 bits per heavy atom. The van der Waals surface area contributed by atoms with E-state index >= 15 is 0 Å². The molecule has 0 atom stereocenters. The van der Waals surface area contributed by atoms with Crippen LogP contribution in [0, 0.1) is 0 Å². The highest BCUT2D eigenvalue weighted by Crippen LogP contribution is 2.05. The second-order valence-electron chi connectivity index (χ2n) is 2.46. The van der Waals surface area contributed by atoms with Gasteiger partial charge in [0.1, 0.15) is 0 Å². The number of aryl methyl sites for hydroxylation is 1. The Bertz CT molecular complexity index is 301. The van der Waals surface area contributed by atoms with Crippen LogP contribution < -0.4 is 0 Å². The number of carbonyl (C=O) groups is 1. The van der Waals surface area contributed by atoms with Crippen LogP contribution in [0.4, 0.5) is 0 Å². The fraction of sp³-hybridized carbons (Fsp3) is 0.625. The Balaban J connectivity index is 2.54. The van der Waals surface area contributed by atoms with E-state index in [0.717, 1.165) is 5.75 Å². The van der Waals surface area contributed by atoms with E-state index in [0.29, 0.717) is 18.9 Å². The van der Waals surface area contributed by atoms with E-state index in [-0.39, 0.29) is 5.89 Å². The van der Waals surface area contributed by atoms with Crippen molar-refractivity contribution in [1.82, 2.24) is 10.2 Å². The van der Waals surface area contributed by atoms with Crippen LogP contribution in [0.25, 0.3) is 0 Å². The molecule has 0 spiro atoms. The predicted molar refractivity (Wildman–Crippen MR) is 52.3 cm³/mol. The first kappa shape index (κ1) is 11.0. The smallest absolute Gasteiger partial charge is 0.396 e. The summed E-state index contributed by atoms with van der Waals surface area (Å²) in [5.41, 5.74) is 0. The maximum atomic E-state index is 11.1. The molecular weight excluding hydrogens is 204 g/mol. The van der Waals surface area contributed by atoms with Crippen LogP contribution in [-0.2, 0) is 11.2 Å². The van der Waals surface area contributed by atoms with Gasteiger partial charge in [-0.25, -0.2) is 4.79 Å². The molecule has 78 valence electrons. The molecular formula is C8H12N2O3S. The summed E-state index contributed by atoms with van der Waals surface area (Å²) in [6, 6.07) is 0. The largest absolute Gasteiger partial charge is 0.459 e. The fourth-order valence-electron chi connectivity index (χ4n) is 0.819. The average molecular weight is 216 g/mol. The second kappa shape index (κ2) is 5.64. The van der Waals surface area contributed by atoms with Gasteiger partial charge in [0, 0.05) is 12.2 Å². The van der Waals surface area contributed by atoms with Gasteiger partial charge in [0.15, 0.2) is 0 Å². The number of aromatic nitrogens is 2. The molecule has 0 N–H and O–H groups in total. The molecule has 0 amide bonds. The third-order valence-electron chi connectivity index (χ3n) is 1.44. The first-order chi connectivity index (χ1) is 6.77. The minimum absolute atomic E-state index is 0.0667. The van der Waals surface area contributed by atoms with Crippen LogP contribution in [0.3, 0.4) is 0 Å². The second-order valence-corrected chi connectivity index (χ2v) is 3.45. The van der Waals surface area contributed by atoms with Gasteiger partial charge in [-0.05, 0) is 13.2 Å². The maximum absolute atomic E-state index is 11.1. The van der Waals surface area contributed by atoms with Crippen molar-refractivity contribution in [3.8, 4) is 0 Å². The summed E-state index contributed by atoms with van der Waals surface area (Å²) in [6.45, 7) is 2.03. The molecule has 1 aromatic rings. The summed E-state index contributed by atoms with van der Waals surface area (Å²) in [4.78, 5) is 11.1. The summed E-state index contributed by atoms with van der Waals surface area (Å²) >= 11 is 1.68. The van der Waals surface area contributed by atoms with E-state index < -0.39 is 5.97 Å². The van der Waals surface area contributed by atoms with Crippen molar-refractivity contribution in [2.75, 3.05) is 18.6 Å². The van der Waals surface area contributed by atoms with Crippen LogP contribution in [0.2, 0.25) is 0 Å². The van der Waals surface area contributed by atoms with E-state index in [1.54, 1.807) is 18.7 Å². The number of hydrogen-bond donors (Lipinski definition) is 0. The zero-order chi connectivity index (χ0) is 10.4. The Hall–Kier alpha value is -1.04. The van der Waals surface area contributed by atoms with Gasteiger partial charge < -0.3 is 9.15 Å². The Kier molecular flexibility index (Phi) is 4.45. The van der Waals surface area contributed by atoms with E-state index in [9.17, 15) is 4.79 Å². The Morgan fingerprint density at radius 3 is 3.00 bits per heavy atom. The number of nitrogens with zero attached hydrogens (tertiary/aromatic N) is 2. The Morgan fingerprint density at radius 1 is 1.57 bits per heavy atom. The van der Waals surface area contributed by atoms with Crippen LogP contribution in [-0.4, -0.2) is 34.8 Å². The molecule has 0 saturated heterocycles. The molecule has 1 rings (SSSR count). The minimum Gasteiger partial charge on any atom is -0.459 e. The summed E-state index contributed by atoms with van der Waals surface area (Å²) in [6.07, 6.45) is 2.66. The predicted octanol–water partition coefficient (Wildman–Crippen LogP) is 1.15. The van der Waals surface area contributed by atoms with Crippen LogP contribution in [0.5, 0.6) is 0 Å². The van der Waals surface area contributed by atoms with Crippen LogP contribution >= 0.6 is 11.8 Å². The molecule has 0 saturated carbocycles.